The Morgan fingerprint density at radius 1 is 1.47 bits per heavy atom. The molecule has 0 saturated carbocycles. The lowest BCUT2D eigenvalue weighted by molar-refractivity contribution is 0.113. The molecule has 2 aromatic rings. The molecule has 1 heterocycles. The van der Waals surface area contributed by atoms with E-state index in [0.717, 1.165) is 16.4 Å². The summed E-state index contributed by atoms with van der Waals surface area (Å²) in [5.41, 5.74) is 1.94. The molecule has 0 saturated heterocycles. The van der Waals surface area contributed by atoms with Gasteiger partial charge in [-0.1, -0.05) is 29.4 Å². The van der Waals surface area contributed by atoms with Crippen LogP contribution in [0.2, 0.25) is 5.02 Å². The van der Waals surface area contributed by atoms with Gasteiger partial charge in [0.1, 0.15) is 0 Å². The van der Waals surface area contributed by atoms with Gasteiger partial charge >= 0.3 is 0 Å². The average Bonchev–Trinajstić information content (AvgIpc) is 2.87. The zero-order valence-corrected chi connectivity index (χ0v) is 12.0. The Hall–Kier alpha value is -1.01. The highest BCUT2D eigenvalue weighted by Crippen LogP contribution is 2.26. The van der Waals surface area contributed by atoms with Crippen LogP contribution in [0.1, 0.15) is 5.56 Å². The van der Waals surface area contributed by atoms with Gasteiger partial charge < -0.3 is 10.2 Å². The van der Waals surface area contributed by atoms with E-state index in [9.17, 15) is 5.11 Å². The highest BCUT2D eigenvalue weighted by atomic mass is 35.5. The van der Waals surface area contributed by atoms with E-state index >= 15 is 0 Å². The minimum absolute atomic E-state index is 0.246. The lowest BCUT2D eigenvalue weighted by Crippen LogP contribution is -2.15. The molecule has 2 rings (SSSR count). The summed E-state index contributed by atoms with van der Waals surface area (Å²) in [4.78, 5) is 4.26. The van der Waals surface area contributed by atoms with Crippen LogP contribution in [0.25, 0.3) is 5.69 Å². The van der Waals surface area contributed by atoms with Crippen molar-refractivity contribution in [3.8, 4) is 5.69 Å². The molecular weight excluding hydrogens is 284 g/mol. The molecule has 1 unspecified atom stereocenters. The number of halogens is 1. The molecule has 0 bridgehead atoms. The van der Waals surface area contributed by atoms with Crippen molar-refractivity contribution < 1.29 is 10.2 Å². The highest BCUT2D eigenvalue weighted by molar-refractivity contribution is 7.99. The first-order valence-electron chi connectivity index (χ1n) is 5.84. The molecular formula is C13H15ClN2O2S. The van der Waals surface area contributed by atoms with Gasteiger partial charge in [-0.15, -0.1) is 0 Å². The van der Waals surface area contributed by atoms with Gasteiger partial charge in [-0.2, -0.15) is 0 Å². The van der Waals surface area contributed by atoms with E-state index in [1.54, 1.807) is 6.20 Å². The maximum Gasteiger partial charge on any atom is 0.172 e. The number of imidazole rings is 1. The number of thioether (sulfide) groups is 1. The maximum absolute atomic E-state index is 9.39. The molecule has 102 valence electrons. The van der Waals surface area contributed by atoms with Gasteiger partial charge in [-0.25, -0.2) is 4.98 Å². The summed E-state index contributed by atoms with van der Waals surface area (Å²) >= 11 is 7.51. The number of hydrogen-bond acceptors (Lipinski definition) is 4. The Morgan fingerprint density at radius 3 is 3.00 bits per heavy atom. The van der Waals surface area contributed by atoms with Crippen molar-refractivity contribution in [1.29, 1.82) is 0 Å². The van der Waals surface area contributed by atoms with Gasteiger partial charge in [0.25, 0.3) is 0 Å². The Labute approximate surface area is 121 Å². The van der Waals surface area contributed by atoms with Crippen LogP contribution in [0.15, 0.2) is 35.7 Å². The molecule has 1 atom stereocenters. The topological polar surface area (TPSA) is 58.3 Å². The summed E-state index contributed by atoms with van der Waals surface area (Å²) in [6.07, 6.45) is 2.82. The van der Waals surface area contributed by atoms with Crippen molar-refractivity contribution in [2.75, 3.05) is 12.4 Å². The Morgan fingerprint density at radius 2 is 2.26 bits per heavy atom. The summed E-state index contributed by atoms with van der Waals surface area (Å²) < 4.78 is 1.93. The molecule has 6 heteroatoms. The molecule has 2 N–H and O–H groups in total. The van der Waals surface area contributed by atoms with E-state index in [1.165, 1.54) is 11.8 Å². The number of aliphatic hydroxyl groups is 2. The fourth-order valence-corrected chi connectivity index (χ4v) is 2.71. The zero-order chi connectivity index (χ0) is 13.8. The van der Waals surface area contributed by atoms with Gasteiger partial charge in [0.05, 0.1) is 18.4 Å². The maximum atomic E-state index is 9.39. The van der Waals surface area contributed by atoms with Gasteiger partial charge in [0.15, 0.2) is 5.16 Å². The van der Waals surface area contributed by atoms with Crippen LogP contribution in [0, 0.1) is 6.92 Å². The summed E-state index contributed by atoms with van der Waals surface area (Å²) in [7, 11) is 0. The standard InChI is InChI=1S/C13H15ClN2O2S/c1-9-11(14)3-2-4-12(9)16-6-5-15-13(16)19-8-10(18)7-17/h2-6,10,17-18H,7-8H2,1H3. The molecule has 0 aliphatic rings. The number of benzene rings is 1. The molecule has 0 amide bonds. The van der Waals surface area contributed by atoms with Crippen LogP contribution in [0.4, 0.5) is 0 Å². The Balaban J connectivity index is 2.26. The lowest BCUT2D eigenvalue weighted by atomic mass is 10.2. The van der Waals surface area contributed by atoms with Crippen LogP contribution >= 0.6 is 23.4 Å². The molecule has 1 aromatic heterocycles. The van der Waals surface area contributed by atoms with Crippen LogP contribution < -0.4 is 0 Å². The normalized spacial score (nSPS) is 12.6. The van der Waals surface area contributed by atoms with E-state index in [2.05, 4.69) is 4.98 Å². The van der Waals surface area contributed by atoms with Gasteiger partial charge in [0, 0.05) is 23.2 Å². The number of hydrogen-bond donors (Lipinski definition) is 2. The number of aliphatic hydroxyl groups excluding tert-OH is 2. The van der Waals surface area contributed by atoms with Gasteiger partial charge in [-0.05, 0) is 24.6 Å². The molecule has 0 spiro atoms. The predicted molar refractivity (Wildman–Crippen MR) is 77.1 cm³/mol. The molecule has 0 aliphatic carbocycles. The fraction of sp³-hybridized carbons (Fsp3) is 0.308. The second-order valence-corrected chi connectivity index (χ2v) is 5.51. The van der Waals surface area contributed by atoms with Gasteiger partial charge in [0.2, 0.25) is 0 Å². The summed E-state index contributed by atoms with van der Waals surface area (Å²) in [5.74, 6) is 0.396. The van der Waals surface area contributed by atoms with Crippen LogP contribution in [-0.2, 0) is 0 Å². The van der Waals surface area contributed by atoms with Crippen molar-refractivity contribution in [3.05, 3.63) is 41.2 Å². The lowest BCUT2D eigenvalue weighted by Gasteiger charge is -2.12. The minimum Gasteiger partial charge on any atom is -0.394 e. The molecule has 19 heavy (non-hydrogen) atoms. The van der Waals surface area contributed by atoms with E-state index in [-0.39, 0.29) is 6.61 Å². The molecule has 4 nitrogen and oxygen atoms in total. The van der Waals surface area contributed by atoms with E-state index in [0.29, 0.717) is 10.8 Å². The van der Waals surface area contributed by atoms with Crippen molar-refractivity contribution in [1.82, 2.24) is 9.55 Å². The van der Waals surface area contributed by atoms with Crippen molar-refractivity contribution in [2.24, 2.45) is 0 Å². The summed E-state index contributed by atoms with van der Waals surface area (Å²) in [6, 6.07) is 5.71. The third kappa shape index (κ3) is 3.30. The molecule has 1 aromatic carbocycles. The molecule has 0 radical (unpaired) electrons. The second kappa shape index (κ2) is 6.43. The van der Waals surface area contributed by atoms with E-state index in [1.807, 2.05) is 35.9 Å². The summed E-state index contributed by atoms with van der Waals surface area (Å²) in [6.45, 7) is 1.71. The summed E-state index contributed by atoms with van der Waals surface area (Å²) in [5, 5.41) is 19.7. The monoisotopic (exact) mass is 298 g/mol. The highest BCUT2D eigenvalue weighted by Gasteiger charge is 2.11. The molecule has 0 fully saturated rings. The predicted octanol–water partition coefficient (Wildman–Crippen LogP) is 2.28. The van der Waals surface area contributed by atoms with E-state index < -0.39 is 6.10 Å². The van der Waals surface area contributed by atoms with Gasteiger partial charge in [-0.3, -0.25) is 4.57 Å². The Kier molecular flexibility index (Phi) is 4.87. The third-order valence-electron chi connectivity index (χ3n) is 2.72. The second-order valence-electron chi connectivity index (χ2n) is 4.11. The average molecular weight is 299 g/mol. The molecule has 0 aliphatic heterocycles. The third-order valence-corrected chi connectivity index (χ3v) is 4.24. The van der Waals surface area contributed by atoms with Crippen LogP contribution in [0.5, 0.6) is 0 Å². The fourth-order valence-electron chi connectivity index (χ4n) is 1.66. The quantitative estimate of drug-likeness (QED) is 0.832. The first-order valence-corrected chi connectivity index (χ1v) is 7.20. The van der Waals surface area contributed by atoms with Crippen molar-refractivity contribution >= 4 is 23.4 Å². The Bertz CT molecular complexity index is 559. The van der Waals surface area contributed by atoms with E-state index in [4.69, 9.17) is 16.7 Å². The van der Waals surface area contributed by atoms with Crippen molar-refractivity contribution in [3.63, 3.8) is 0 Å². The van der Waals surface area contributed by atoms with Crippen LogP contribution in [0.3, 0.4) is 0 Å². The number of aromatic nitrogens is 2. The smallest absolute Gasteiger partial charge is 0.172 e. The van der Waals surface area contributed by atoms with Crippen molar-refractivity contribution in [2.45, 2.75) is 18.2 Å². The largest absolute Gasteiger partial charge is 0.394 e. The number of rotatable bonds is 5. The number of nitrogens with zero attached hydrogens (tertiary/aromatic N) is 2. The first-order chi connectivity index (χ1) is 9.13. The first kappa shape index (κ1) is 14.4. The zero-order valence-electron chi connectivity index (χ0n) is 10.5. The minimum atomic E-state index is -0.740. The van der Waals surface area contributed by atoms with Crippen LogP contribution in [-0.4, -0.2) is 38.2 Å². The SMILES string of the molecule is Cc1c(Cl)cccc1-n1ccnc1SCC(O)CO.